The van der Waals surface area contributed by atoms with Crippen LogP contribution >= 0.6 is 12.8 Å². The Balaban J connectivity index is 1.78. The molecule has 0 heterocycles. The van der Waals surface area contributed by atoms with Crippen LogP contribution in [-0.4, -0.2) is 18.2 Å². The van der Waals surface area contributed by atoms with Gasteiger partial charge in [0.05, 0.1) is 11.6 Å². The molecule has 0 bridgehead atoms. The summed E-state index contributed by atoms with van der Waals surface area (Å²) in [6, 6.07) is 3.51. The third-order valence-electron chi connectivity index (χ3n) is 7.00. The maximum atomic E-state index is 13.1. The molecule has 2 amide bonds. The second-order valence-electron chi connectivity index (χ2n) is 9.09. The van der Waals surface area contributed by atoms with E-state index < -0.39 is 24.2 Å². The lowest BCUT2D eigenvalue weighted by molar-refractivity contribution is -0.183. The first-order valence-electron chi connectivity index (χ1n) is 11.8. The number of rotatable bonds is 5. The molecule has 2 atom stereocenters. The van der Waals surface area contributed by atoms with Crippen LogP contribution in [0, 0.1) is 5.92 Å². The molecule has 0 aromatic heterocycles. The van der Waals surface area contributed by atoms with Gasteiger partial charge in [-0.3, -0.25) is 0 Å². The van der Waals surface area contributed by atoms with Crippen LogP contribution < -0.4 is 9.62 Å². The van der Waals surface area contributed by atoms with Crippen LogP contribution in [-0.2, 0) is 12.8 Å². The van der Waals surface area contributed by atoms with Crippen LogP contribution in [0.25, 0.3) is 0 Å². The maximum absolute atomic E-state index is 13.1. The molecule has 31 heavy (non-hydrogen) atoms. The van der Waals surface area contributed by atoms with E-state index in [0.717, 1.165) is 29.7 Å². The average molecular weight is 457 g/mol. The minimum atomic E-state index is -4.20. The Morgan fingerprint density at radius 2 is 1.65 bits per heavy atom. The third kappa shape index (κ3) is 5.91. The van der Waals surface area contributed by atoms with E-state index in [2.05, 4.69) is 44.1 Å². The lowest BCUT2D eigenvalue weighted by Gasteiger charge is -2.32. The van der Waals surface area contributed by atoms with E-state index in [-0.39, 0.29) is 12.8 Å². The minimum Gasteiger partial charge on any atom is -0.334 e. The van der Waals surface area contributed by atoms with Crippen molar-refractivity contribution in [2.75, 3.05) is 4.31 Å². The van der Waals surface area contributed by atoms with E-state index in [9.17, 15) is 18.0 Å². The first-order valence-corrected chi connectivity index (χ1v) is 12.2. The second-order valence-corrected chi connectivity index (χ2v) is 9.49. The number of amides is 2. The van der Waals surface area contributed by atoms with E-state index in [1.807, 2.05) is 0 Å². The van der Waals surface area contributed by atoms with Gasteiger partial charge in [-0.15, -0.1) is 0 Å². The lowest BCUT2D eigenvalue weighted by atomic mass is 9.82. The fourth-order valence-electron chi connectivity index (χ4n) is 5.23. The molecule has 1 aromatic rings. The summed E-state index contributed by atoms with van der Waals surface area (Å²) in [5.41, 5.74) is 4.27. The van der Waals surface area contributed by atoms with Crippen molar-refractivity contribution in [3.8, 4) is 0 Å². The summed E-state index contributed by atoms with van der Waals surface area (Å²) < 4.78 is 40.7. The Bertz CT molecular complexity index is 737. The summed E-state index contributed by atoms with van der Waals surface area (Å²) in [4.78, 5) is 12.9. The highest BCUT2D eigenvalue weighted by Gasteiger charge is 2.42. The van der Waals surface area contributed by atoms with Crippen LogP contribution in [0.3, 0.4) is 0 Å². The van der Waals surface area contributed by atoms with Gasteiger partial charge in [0, 0.05) is 6.04 Å². The smallest absolute Gasteiger partial charge is 0.334 e. The number of nitrogens with one attached hydrogen (secondary N) is 1. The number of thiol groups is 1. The second kappa shape index (κ2) is 10.5. The molecule has 3 nitrogen and oxygen atoms in total. The van der Waals surface area contributed by atoms with Crippen LogP contribution in [0.5, 0.6) is 0 Å². The number of hydrogen-bond acceptors (Lipinski definition) is 2. The van der Waals surface area contributed by atoms with Crippen LogP contribution in [0.2, 0.25) is 0 Å². The summed E-state index contributed by atoms with van der Waals surface area (Å²) in [5, 5.41) is 2.81. The summed E-state index contributed by atoms with van der Waals surface area (Å²) in [6.07, 6.45) is 4.70. The standard InChI is InChI=1S/C24H35F3N2OS/c1-3-16-13-19(18-9-6-5-7-10-18)14-17(4-2)22(16)29(31)23(30)28-21-12-8-11-20(15-21)24(25,26)27/h13-14,18,20-21,31H,3-12,15H2,1-2H3,(H,28,30). The van der Waals surface area contributed by atoms with Crippen molar-refractivity contribution in [2.45, 2.75) is 103 Å². The van der Waals surface area contributed by atoms with Gasteiger partial charge in [0.1, 0.15) is 0 Å². The Morgan fingerprint density at radius 3 is 2.19 bits per heavy atom. The highest BCUT2D eigenvalue weighted by atomic mass is 32.1. The summed E-state index contributed by atoms with van der Waals surface area (Å²) in [5.74, 6) is -0.769. The Labute approximate surface area is 189 Å². The molecule has 0 radical (unpaired) electrons. The van der Waals surface area contributed by atoms with Crippen molar-refractivity contribution in [1.29, 1.82) is 0 Å². The van der Waals surface area contributed by atoms with E-state index in [0.29, 0.717) is 18.8 Å². The molecule has 2 aliphatic rings. The minimum absolute atomic E-state index is 0.0568. The highest BCUT2D eigenvalue weighted by molar-refractivity contribution is 7.82. The van der Waals surface area contributed by atoms with Crippen molar-refractivity contribution >= 4 is 24.5 Å². The predicted octanol–water partition coefficient (Wildman–Crippen LogP) is 7.34. The molecule has 174 valence electrons. The average Bonchev–Trinajstić information content (AvgIpc) is 2.77. The molecule has 2 aliphatic carbocycles. The largest absolute Gasteiger partial charge is 0.391 e. The van der Waals surface area contributed by atoms with E-state index in [4.69, 9.17) is 0 Å². The number of nitrogens with zero attached hydrogens (tertiary/aromatic N) is 1. The van der Waals surface area contributed by atoms with Crippen molar-refractivity contribution in [3.63, 3.8) is 0 Å². The van der Waals surface area contributed by atoms with E-state index >= 15 is 0 Å². The van der Waals surface area contributed by atoms with Gasteiger partial charge in [-0.2, -0.15) is 13.2 Å². The van der Waals surface area contributed by atoms with Crippen molar-refractivity contribution in [1.82, 2.24) is 5.32 Å². The quantitative estimate of drug-likeness (QED) is 0.446. The van der Waals surface area contributed by atoms with Gasteiger partial charge in [-0.05, 0) is 67.6 Å². The van der Waals surface area contributed by atoms with E-state index in [1.54, 1.807) is 0 Å². The number of alkyl halides is 3. The Hall–Kier alpha value is -1.37. The molecule has 7 heteroatoms. The summed E-state index contributed by atoms with van der Waals surface area (Å²) in [7, 11) is 0. The predicted molar refractivity (Wildman–Crippen MR) is 123 cm³/mol. The van der Waals surface area contributed by atoms with Gasteiger partial charge in [0.25, 0.3) is 0 Å². The van der Waals surface area contributed by atoms with Crippen LogP contribution in [0.1, 0.15) is 94.2 Å². The lowest BCUT2D eigenvalue weighted by Crippen LogP contribution is -2.45. The first kappa shape index (κ1) is 24.3. The van der Waals surface area contributed by atoms with Gasteiger partial charge in [0.15, 0.2) is 0 Å². The number of halogens is 3. The van der Waals surface area contributed by atoms with Crippen LogP contribution in [0.4, 0.5) is 23.7 Å². The number of aryl methyl sites for hydroxylation is 2. The molecular formula is C24H35F3N2OS. The number of benzene rings is 1. The molecule has 0 spiro atoms. The first-order chi connectivity index (χ1) is 14.7. The fraction of sp³-hybridized carbons (Fsp3) is 0.708. The summed E-state index contributed by atoms with van der Waals surface area (Å²) >= 11 is 4.50. The van der Waals surface area contributed by atoms with Gasteiger partial charge in [-0.1, -0.05) is 64.5 Å². The molecule has 0 aliphatic heterocycles. The Morgan fingerprint density at radius 1 is 1.03 bits per heavy atom. The third-order valence-corrected chi connectivity index (χ3v) is 7.38. The number of carbonyl (C=O) groups excluding carboxylic acids is 1. The molecule has 2 unspecified atom stereocenters. The zero-order chi connectivity index (χ0) is 22.6. The molecule has 1 aromatic carbocycles. The number of urea groups is 1. The van der Waals surface area contributed by atoms with Crippen molar-refractivity contribution in [2.24, 2.45) is 5.92 Å². The molecular weight excluding hydrogens is 421 g/mol. The number of anilines is 1. The summed E-state index contributed by atoms with van der Waals surface area (Å²) in [6.45, 7) is 4.13. The van der Waals surface area contributed by atoms with Gasteiger partial charge in [0.2, 0.25) is 0 Å². The topological polar surface area (TPSA) is 32.3 Å². The number of carbonyl (C=O) groups is 1. The normalized spacial score (nSPS) is 22.9. The van der Waals surface area contributed by atoms with Gasteiger partial charge >= 0.3 is 12.2 Å². The van der Waals surface area contributed by atoms with E-state index in [1.165, 1.54) is 42.0 Å². The zero-order valence-electron chi connectivity index (χ0n) is 18.6. The molecule has 1 N–H and O–H groups in total. The molecule has 0 saturated heterocycles. The van der Waals surface area contributed by atoms with Crippen molar-refractivity contribution < 1.29 is 18.0 Å². The Kier molecular flexibility index (Phi) is 8.22. The zero-order valence-corrected chi connectivity index (χ0v) is 19.5. The van der Waals surface area contributed by atoms with Gasteiger partial charge in [-0.25, -0.2) is 9.10 Å². The maximum Gasteiger partial charge on any atom is 0.391 e. The number of hydrogen-bond donors (Lipinski definition) is 2. The molecule has 2 fully saturated rings. The SMILES string of the molecule is CCc1cc(C2CCCCC2)cc(CC)c1N(S)C(=O)NC1CCCC(C(F)(F)F)C1. The highest BCUT2D eigenvalue weighted by Crippen LogP contribution is 2.39. The van der Waals surface area contributed by atoms with Gasteiger partial charge < -0.3 is 5.32 Å². The molecule has 2 saturated carbocycles. The fourth-order valence-corrected chi connectivity index (χ4v) is 5.54. The monoisotopic (exact) mass is 456 g/mol. The molecule has 3 rings (SSSR count). The van der Waals surface area contributed by atoms with Crippen LogP contribution in [0.15, 0.2) is 12.1 Å². The van der Waals surface area contributed by atoms with Crippen molar-refractivity contribution in [3.05, 3.63) is 28.8 Å².